The fraction of sp³-hybridized carbons (Fsp3) is 0.467. The lowest BCUT2D eigenvalue weighted by Gasteiger charge is -2.24. The summed E-state index contributed by atoms with van der Waals surface area (Å²) in [5.74, 6) is 0. The number of benzene rings is 1. The van der Waals surface area contributed by atoms with E-state index in [1.54, 1.807) is 0 Å². The average molecular weight is 229 g/mol. The zero-order chi connectivity index (χ0) is 11.7. The highest BCUT2D eigenvalue weighted by atomic mass is 16.5. The van der Waals surface area contributed by atoms with Gasteiger partial charge in [0, 0.05) is 6.04 Å². The van der Waals surface area contributed by atoms with Gasteiger partial charge in [0.1, 0.15) is 6.10 Å². The van der Waals surface area contributed by atoms with Crippen molar-refractivity contribution < 1.29 is 4.74 Å². The van der Waals surface area contributed by atoms with Crippen LogP contribution in [0.25, 0.3) is 0 Å². The van der Waals surface area contributed by atoms with Crippen molar-refractivity contribution >= 4 is 0 Å². The number of hydrogen-bond acceptors (Lipinski definition) is 2. The van der Waals surface area contributed by atoms with Gasteiger partial charge in [-0.1, -0.05) is 35.9 Å². The molecule has 1 saturated carbocycles. The number of hydrogen-bond donors (Lipinski definition) is 1. The molecule has 0 aromatic heterocycles. The zero-order valence-electron chi connectivity index (χ0n) is 10.1. The van der Waals surface area contributed by atoms with Crippen molar-refractivity contribution in [2.45, 2.75) is 37.8 Å². The Morgan fingerprint density at radius 3 is 2.94 bits per heavy atom. The molecular formula is C15H19NO. The Morgan fingerprint density at radius 1 is 1.24 bits per heavy atom. The van der Waals surface area contributed by atoms with Gasteiger partial charge in [-0.25, -0.2) is 0 Å². The summed E-state index contributed by atoms with van der Waals surface area (Å²) >= 11 is 0. The summed E-state index contributed by atoms with van der Waals surface area (Å²) in [6.45, 7) is 0.831. The molecule has 2 unspecified atom stereocenters. The second-order valence-corrected chi connectivity index (χ2v) is 5.07. The molecule has 0 radical (unpaired) electrons. The van der Waals surface area contributed by atoms with Gasteiger partial charge in [0.15, 0.2) is 0 Å². The van der Waals surface area contributed by atoms with Crippen molar-refractivity contribution in [2.75, 3.05) is 6.61 Å². The minimum absolute atomic E-state index is 0.153. The first-order valence-corrected chi connectivity index (χ1v) is 6.47. The molecule has 1 aromatic rings. The molecule has 2 aliphatic rings. The second kappa shape index (κ2) is 4.63. The maximum atomic E-state index is 5.94. The molecule has 0 amide bonds. The van der Waals surface area contributed by atoms with Crippen molar-refractivity contribution in [3.63, 3.8) is 0 Å². The van der Waals surface area contributed by atoms with Crippen LogP contribution in [0.5, 0.6) is 0 Å². The van der Waals surface area contributed by atoms with Crippen LogP contribution in [0.15, 0.2) is 35.9 Å². The Kier molecular flexibility index (Phi) is 3.00. The lowest BCUT2D eigenvalue weighted by atomic mass is 9.96. The first kappa shape index (κ1) is 11.0. The predicted molar refractivity (Wildman–Crippen MR) is 68.7 cm³/mol. The van der Waals surface area contributed by atoms with Crippen LogP contribution in [0.4, 0.5) is 0 Å². The fourth-order valence-electron chi connectivity index (χ4n) is 2.84. The number of nitrogens with two attached hydrogens (primary N) is 1. The lowest BCUT2D eigenvalue weighted by Crippen LogP contribution is -2.15. The third kappa shape index (κ3) is 2.28. The summed E-state index contributed by atoms with van der Waals surface area (Å²) < 4.78 is 5.88. The molecule has 17 heavy (non-hydrogen) atoms. The van der Waals surface area contributed by atoms with Crippen LogP contribution in [0, 0.1) is 0 Å². The van der Waals surface area contributed by atoms with E-state index in [4.69, 9.17) is 10.5 Å². The van der Waals surface area contributed by atoms with Crippen molar-refractivity contribution in [3.05, 3.63) is 47.0 Å². The Bertz CT molecular complexity index is 438. The van der Waals surface area contributed by atoms with Gasteiger partial charge in [-0.15, -0.1) is 0 Å². The summed E-state index contributed by atoms with van der Waals surface area (Å²) in [5, 5.41) is 0. The average Bonchev–Trinajstić information content (AvgIpc) is 2.75. The number of rotatable bonds is 1. The molecule has 0 saturated heterocycles. The van der Waals surface area contributed by atoms with Gasteiger partial charge in [-0.05, 0) is 36.8 Å². The summed E-state index contributed by atoms with van der Waals surface area (Å²) in [7, 11) is 0. The second-order valence-electron chi connectivity index (χ2n) is 5.07. The molecule has 2 nitrogen and oxygen atoms in total. The van der Waals surface area contributed by atoms with Gasteiger partial charge in [0.25, 0.3) is 0 Å². The van der Waals surface area contributed by atoms with Gasteiger partial charge in [-0.3, -0.25) is 0 Å². The Balaban J connectivity index is 1.86. The topological polar surface area (TPSA) is 35.2 Å². The van der Waals surface area contributed by atoms with E-state index in [9.17, 15) is 0 Å². The minimum atomic E-state index is 0.153. The summed E-state index contributed by atoms with van der Waals surface area (Å²) in [5.41, 5.74) is 10.2. The first-order chi connectivity index (χ1) is 8.33. The standard InChI is InChI=1S/C15H19NO/c16-13-6-5-11(9-13)10-15-14-4-2-1-3-12(14)7-8-17-15/h1-4,10,13,15H,5-9,16H2. The van der Waals surface area contributed by atoms with E-state index < -0.39 is 0 Å². The molecular weight excluding hydrogens is 210 g/mol. The summed E-state index contributed by atoms with van der Waals surface area (Å²) in [4.78, 5) is 0. The maximum absolute atomic E-state index is 5.94. The third-order valence-electron chi connectivity index (χ3n) is 3.78. The highest BCUT2D eigenvalue weighted by Crippen LogP contribution is 2.32. The minimum Gasteiger partial charge on any atom is -0.369 e. The summed E-state index contributed by atoms with van der Waals surface area (Å²) in [6, 6.07) is 8.97. The largest absolute Gasteiger partial charge is 0.369 e. The van der Waals surface area contributed by atoms with Gasteiger partial charge < -0.3 is 10.5 Å². The molecule has 1 heterocycles. The third-order valence-corrected chi connectivity index (χ3v) is 3.78. The molecule has 2 N–H and O–H groups in total. The molecule has 0 spiro atoms. The Morgan fingerprint density at radius 2 is 2.12 bits per heavy atom. The quantitative estimate of drug-likeness (QED) is 0.751. The van der Waals surface area contributed by atoms with Crippen LogP contribution in [-0.4, -0.2) is 12.6 Å². The van der Waals surface area contributed by atoms with E-state index >= 15 is 0 Å². The Labute approximate surface area is 102 Å². The van der Waals surface area contributed by atoms with Crippen LogP contribution < -0.4 is 5.73 Å². The van der Waals surface area contributed by atoms with E-state index in [0.29, 0.717) is 6.04 Å². The van der Waals surface area contributed by atoms with E-state index in [2.05, 4.69) is 30.3 Å². The van der Waals surface area contributed by atoms with E-state index in [1.807, 2.05) is 0 Å². The van der Waals surface area contributed by atoms with Crippen LogP contribution in [0.3, 0.4) is 0 Å². The van der Waals surface area contributed by atoms with Crippen molar-refractivity contribution in [1.29, 1.82) is 0 Å². The van der Waals surface area contributed by atoms with Crippen molar-refractivity contribution in [2.24, 2.45) is 5.73 Å². The van der Waals surface area contributed by atoms with Crippen molar-refractivity contribution in [1.82, 2.24) is 0 Å². The van der Waals surface area contributed by atoms with Crippen LogP contribution in [0.2, 0.25) is 0 Å². The molecule has 2 atom stereocenters. The molecule has 90 valence electrons. The number of ether oxygens (including phenoxy) is 1. The number of fused-ring (bicyclic) bond motifs is 1. The molecule has 0 bridgehead atoms. The molecule has 1 aliphatic heterocycles. The maximum Gasteiger partial charge on any atom is 0.101 e. The SMILES string of the molecule is NC1CCC(=CC2OCCc3ccccc32)C1. The molecule has 3 rings (SSSR count). The van der Waals surface area contributed by atoms with Gasteiger partial charge in [-0.2, -0.15) is 0 Å². The highest BCUT2D eigenvalue weighted by Gasteiger charge is 2.21. The van der Waals surface area contributed by atoms with Crippen LogP contribution in [-0.2, 0) is 11.2 Å². The van der Waals surface area contributed by atoms with Gasteiger partial charge in [0.05, 0.1) is 6.61 Å². The van der Waals surface area contributed by atoms with Crippen molar-refractivity contribution in [3.8, 4) is 0 Å². The molecule has 2 heteroatoms. The fourth-order valence-corrected chi connectivity index (χ4v) is 2.84. The van der Waals surface area contributed by atoms with Gasteiger partial charge in [0.2, 0.25) is 0 Å². The van der Waals surface area contributed by atoms with Crippen LogP contribution in [0.1, 0.15) is 36.5 Å². The highest BCUT2D eigenvalue weighted by molar-refractivity contribution is 5.34. The predicted octanol–water partition coefficient (Wildman–Crippen LogP) is 2.74. The van der Waals surface area contributed by atoms with Crippen LogP contribution >= 0.6 is 0 Å². The lowest BCUT2D eigenvalue weighted by molar-refractivity contribution is 0.0743. The summed E-state index contributed by atoms with van der Waals surface area (Å²) in [6.07, 6.45) is 6.80. The zero-order valence-corrected chi connectivity index (χ0v) is 10.1. The molecule has 1 aliphatic carbocycles. The first-order valence-electron chi connectivity index (χ1n) is 6.47. The van der Waals surface area contributed by atoms with Gasteiger partial charge >= 0.3 is 0 Å². The van der Waals surface area contributed by atoms with E-state index in [1.165, 1.54) is 16.7 Å². The molecule has 1 fully saturated rings. The Hall–Kier alpha value is -1.12. The smallest absolute Gasteiger partial charge is 0.101 e. The molecule has 1 aromatic carbocycles. The normalized spacial score (nSPS) is 30.5. The van der Waals surface area contributed by atoms with E-state index in [0.717, 1.165) is 32.3 Å². The monoisotopic (exact) mass is 229 g/mol. The van der Waals surface area contributed by atoms with E-state index in [-0.39, 0.29) is 6.10 Å².